The first-order chi connectivity index (χ1) is 14.4. The molecule has 10 nitrogen and oxygen atoms in total. The number of nitrogens with one attached hydrogen (secondary N) is 2. The Morgan fingerprint density at radius 2 is 1.65 bits per heavy atom. The van der Waals surface area contributed by atoms with Gasteiger partial charge in [0.05, 0.1) is 22.3 Å². The van der Waals surface area contributed by atoms with Crippen LogP contribution in [0.15, 0.2) is 53.4 Å². The van der Waals surface area contributed by atoms with E-state index in [0.717, 1.165) is 10.4 Å². The number of carbonyl (C=O) groups excluding carboxylic acids is 2. The van der Waals surface area contributed by atoms with Gasteiger partial charge in [-0.05, 0) is 35.9 Å². The van der Waals surface area contributed by atoms with Gasteiger partial charge in [0.15, 0.2) is 9.84 Å². The van der Waals surface area contributed by atoms with E-state index < -0.39 is 43.2 Å². The second kappa shape index (κ2) is 9.69. The van der Waals surface area contributed by atoms with Crippen LogP contribution in [-0.4, -0.2) is 52.8 Å². The molecule has 2 amide bonds. The number of sulfonamides is 1. The molecule has 0 radical (unpaired) electrons. The lowest BCUT2D eigenvalue weighted by Gasteiger charge is -2.12. The summed E-state index contributed by atoms with van der Waals surface area (Å²) in [4.78, 5) is 24.0. The van der Waals surface area contributed by atoms with Crippen molar-refractivity contribution in [1.82, 2.24) is 15.2 Å². The molecule has 0 unspecified atom stereocenters. The highest BCUT2D eigenvalue weighted by atomic mass is 32.2. The lowest BCUT2D eigenvalue weighted by atomic mass is 10.2. The third-order valence-electron chi connectivity index (χ3n) is 4.01. The van der Waals surface area contributed by atoms with E-state index in [9.17, 15) is 26.4 Å². The molecule has 0 bridgehead atoms. The van der Waals surface area contributed by atoms with Crippen molar-refractivity contribution in [3.63, 3.8) is 0 Å². The molecule has 2 aromatic rings. The summed E-state index contributed by atoms with van der Waals surface area (Å²) in [6.07, 6.45) is 0. The molecule has 0 saturated carbocycles. The molecule has 2 aromatic carbocycles. The fourth-order valence-electron chi connectivity index (χ4n) is 2.42. The Labute approximate surface area is 180 Å². The smallest absolute Gasteiger partial charge is 0.269 e. The number of hydrazine groups is 1. The van der Waals surface area contributed by atoms with Crippen LogP contribution in [0.4, 0.5) is 0 Å². The normalized spacial score (nSPS) is 11.5. The van der Waals surface area contributed by atoms with Crippen LogP contribution in [0.2, 0.25) is 0 Å². The van der Waals surface area contributed by atoms with Crippen molar-refractivity contribution in [3.05, 3.63) is 65.2 Å². The van der Waals surface area contributed by atoms with Crippen LogP contribution < -0.4 is 10.9 Å². The fraction of sp³-hybridized carbons (Fsp3) is 0.211. The van der Waals surface area contributed by atoms with E-state index in [4.69, 9.17) is 5.26 Å². The van der Waals surface area contributed by atoms with Crippen molar-refractivity contribution in [3.8, 4) is 6.07 Å². The monoisotopic (exact) mass is 464 g/mol. The second-order valence-electron chi connectivity index (χ2n) is 6.66. The molecule has 164 valence electrons. The summed E-state index contributed by atoms with van der Waals surface area (Å²) in [7, 11) is -4.89. The minimum absolute atomic E-state index is 0.0383. The van der Waals surface area contributed by atoms with Crippen molar-refractivity contribution >= 4 is 31.7 Å². The predicted octanol–water partition coefficient (Wildman–Crippen LogP) is 0.185. The van der Waals surface area contributed by atoms with Gasteiger partial charge < -0.3 is 0 Å². The van der Waals surface area contributed by atoms with Crippen LogP contribution in [0.1, 0.15) is 21.5 Å². The molecule has 0 heterocycles. The maximum Gasteiger partial charge on any atom is 0.269 e. The van der Waals surface area contributed by atoms with Gasteiger partial charge in [0.25, 0.3) is 11.8 Å². The summed E-state index contributed by atoms with van der Waals surface area (Å²) < 4.78 is 49.7. The van der Waals surface area contributed by atoms with Gasteiger partial charge in [-0.1, -0.05) is 18.2 Å². The molecule has 0 aromatic heterocycles. The van der Waals surface area contributed by atoms with Crippen LogP contribution in [0, 0.1) is 11.3 Å². The summed E-state index contributed by atoms with van der Waals surface area (Å²) in [5, 5.41) is 8.76. The van der Waals surface area contributed by atoms with Gasteiger partial charge in [-0.2, -0.15) is 5.26 Å². The summed E-state index contributed by atoms with van der Waals surface area (Å²) >= 11 is 0. The van der Waals surface area contributed by atoms with E-state index in [1.807, 2.05) is 11.5 Å². The SMILES string of the molecule is CN(C)S(=O)(=O)c1cccc(C(=O)NNC(=O)CS(=O)(=O)Cc2ccc(C#N)cc2)c1. The lowest BCUT2D eigenvalue weighted by Crippen LogP contribution is -2.44. The number of carbonyl (C=O) groups is 2. The zero-order valence-electron chi connectivity index (χ0n) is 16.7. The molecule has 2 N–H and O–H groups in total. The van der Waals surface area contributed by atoms with E-state index in [-0.39, 0.29) is 10.5 Å². The van der Waals surface area contributed by atoms with Gasteiger partial charge >= 0.3 is 0 Å². The Kier molecular flexibility index (Phi) is 7.50. The van der Waals surface area contributed by atoms with Crippen molar-refractivity contribution in [1.29, 1.82) is 5.26 Å². The first-order valence-corrected chi connectivity index (χ1v) is 12.0. The number of hydrogen-bond donors (Lipinski definition) is 2. The molecule has 12 heteroatoms. The average Bonchev–Trinajstić information content (AvgIpc) is 2.71. The van der Waals surface area contributed by atoms with E-state index >= 15 is 0 Å². The highest BCUT2D eigenvalue weighted by molar-refractivity contribution is 7.91. The van der Waals surface area contributed by atoms with Crippen molar-refractivity contribution in [2.45, 2.75) is 10.6 Å². The van der Waals surface area contributed by atoms with Crippen molar-refractivity contribution < 1.29 is 26.4 Å². The molecule has 0 atom stereocenters. The van der Waals surface area contributed by atoms with Crippen molar-refractivity contribution in [2.24, 2.45) is 0 Å². The third kappa shape index (κ3) is 6.61. The first-order valence-electron chi connectivity index (χ1n) is 8.76. The number of hydrogen-bond acceptors (Lipinski definition) is 7. The highest BCUT2D eigenvalue weighted by Gasteiger charge is 2.20. The second-order valence-corrected chi connectivity index (χ2v) is 10.9. The Bertz CT molecular complexity index is 1230. The van der Waals surface area contributed by atoms with Gasteiger partial charge in [0.1, 0.15) is 5.75 Å². The predicted molar refractivity (Wildman–Crippen MR) is 112 cm³/mol. The van der Waals surface area contributed by atoms with Gasteiger partial charge in [-0.15, -0.1) is 0 Å². The van der Waals surface area contributed by atoms with E-state index in [0.29, 0.717) is 11.1 Å². The number of amides is 2. The molecule has 0 aliphatic carbocycles. The molecular formula is C19H20N4O6S2. The molecule has 0 spiro atoms. The van der Waals surface area contributed by atoms with E-state index in [1.54, 1.807) is 0 Å². The number of nitrogens with zero attached hydrogens (tertiary/aromatic N) is 2. The largest absolute Gasteiger partial charge is 0.272 e. The molecule has 0 fully saturated rings. The Morgan fingerprint density at radius 1 is 1.00 bits per heavy atom. The van der Waals surface area contributed by atoms with E-state index in [1.165, 1.54) is 56.6 Å². The fourth-order valence-corrected chi connectivity index (χ4v) is 4.65. The van der Waals surface area contributed by atoms with Gasteiger partial charge in [0, 0.05) is 19.7 Å². The average molecular weight is 465 g/mol. The molecule has 0 aliphatic rings. The third-order valence-corrected chi connectivity index (χ3v) is 7.30. The van der Waals surface area contributed by atoms with Crippen LogP contribution in [0.25, 0.3) is 0 Å². The van der Waals surface area contributed by atoms with Gasteiger partial charge in [-0.25, -0.2) is 21.1 Å². The van der Waals surface area contributed by atoms with E-state index in [2.05, 4.69) is 5.43 Å². The number of benzene rings is 2. The van der Waals surface area contributed by atoms with Gasteiger partial charge in [0.2, 0.25) is 10.0 Å². The standard InChI is InChI=1S/C19H20N4O6S2/c1-23(2)31(28,29)17-5-3-4-16(10-17)19(25)22-21-18(24)13-30(26,27)12-15-8-6-14(11-20)7-9-15/h3-10H,12-13H2,1-2H3,(H,21,24)(H,22,25). The van der Waals surface area contributed by atoms with Gasteiger partial charge in [-0.3, -0.25) is 20.4 Å². The molecule has 31 heavy (non-hydrogen) atoms. The molecule has 2 rings (SSSR count). The molecular weight excluding hydrogens is 444 g/mol. The summed E-state index contributed by atoms with van der Waals surface area (Å²) in [6.45, 7) is 0. The summed E-state index contributed by atoms with van der Waals surface area (Å²) in [5.74, 6) is -3.06. The minimum Gasteiger partial charge on any atom is -0.272 e. The van der Waals surface area contributed by atoms with Crippen LogP contribution >= 0.6 is 0 Å². The quantitative estimate of drug-likeness (QED) is 0.554. The summed E-state index contributed by atoms with van der Waals surface area (Å²) in [6, 6.07) is 13.0. The molecule has 0 aliphatic heterocycles. The number of rotatable bonds is 7. The maximum atomic E-state index is 12.2. The Balaban J connectivity index is 1.97. The molecule has 0 saturated heterocycles. The highest BCUT2D eigenvalue weighted by Crippen LogP contribution is 2.14. The Morgan fingerprint density at radius 3 is 2.23 bits per heavy atom. The number of sulfone groups is 1. The Hall–Kier alpha value is -3.27. The maximum absolute atomic E-state index is 12.2. The summed E-state index contributed by atoms with van der Waals surface area (Å²) in [5.41, 5.74) is 4.81. The topological polar surface area (TPSA) is 154 Å². The zero-order chi connectivity index (χ0) is 23.2. The van der Waals surface area contributed by atoms with Crippen molar-refractivity contribution in [2.75, 3.05) is 19.8 Å². The minimum atomic E-state index is -3.83. The van der Waals surface area contributed by atoms with Crippen LogP contribution in [0.3, 0.4) is 0 Å². The van der Waals surface area contributed by atoms with Crippen LogP contribution in [0.5, 0.6) is 0 Å². The van der Waals surface area contributed by atoms with Crippen LogP contribution in [-0.2, 0) is 30.4 Å². The number of nitriles is 1. The zero-order valence-corrected chi connectivity index (χ0v) is 18.3. The lowest BCUT2D eigenvalue weighted by molar-refractivity contribution is -0.119. The first kappa shape index (κ1) is 24.0.